The third-order valence-corrected chi connectivity index (χ3v) is 4.21. The molecule has 2 aromatic carbocycles. The molecule has 0 aromatic heterocycles. The monoisotopic (exact) mass is 370 g/mol. The maximum Gasteiger partial charge on any atom is 0.258 e. The molecule has 0 saturated carbocycles. The molecule has 2 aromatic rings. The number of carbonyl (C=O) groups is 1. The standard InChI is InChI=1S/C15H12Cl2N2OS2/c1-22-11-4-2-3-10(8-11)18-15(21)19-14(20)12-6-5-9(16)7-13(12)17/h2-8H,1H3,(H2,18,19,20,21). The van der Waals surface area contributed by atoms with E-state index in [1.807, 2.05) is 30.5 Å². The third kappa shape index (κ3) is 4.61. The number of nitrogens with one attached hydrogen (secondary N) is 2. The van der Waals surface area contributed by atoms with Crippen LogP contribution in [0.3, 0.4) is 0 Å². The Morgan fingerprint density at radius 2 is 1.95 bits per heavy atom. The molecule has 0 aliphatic heterocycles. The van der Waals surface area contributed by atoms with Gasteiger partial charge in [-0.2, -0.15) is 0 Å². The van der Waals surface area contributed by atoms with Crippen molar-refractivity contribution in [1.29, 1.82) is 0 Å². The number of rotatable bonds is 3. The third-order valence-electron chi connectivity index (χ3n) is 2.73. The maximum atomic E-state index is 12.1. The number of halogens is 2. The van der Waals surface area contributed by atoms with Gasteiger partial charge in [0.15, 0.2) is 5.11 Å². The predicted octanol–water partition coefficient (Wildman–Crippen LogP) is 4.84. The number of thioether (sulfide) groups is 1. The van der Waals surface area contributed by atoms with Gasteiger partial charge in [-0.15, -0.1) is 11.8 Å². The van der Waals surface area contributed by atoms with Crippen molar-refractivity contribution < 1.29 is 4.79 Å². The van der Waals surface area contributed by atoms with Gasteiger partial charge in [0.05, 0.1) is 10.6 Å². The van der Waals surface area contributed by atoms with Crippen LogP contribution in [0.15, 0.2) is 47.4 Å². The van der Waals surface area contributed by atoms with Crippen molar-refractivity contribution in [2.45, 2.75) is 4.90 Å². The fourth-order valence-electron chi connectivity index (χ4n) is 1.71. The zero-order valence-corrected chi connectivity index (χ0v) is 14.7. The number of carbonyl (C=O) groups excluding carboxylic acids is 1. The Labute approximate surface area is 148 Å². The lowest BCUT2D eigenvalue weighted by Crippen LogP contribution is -2.34. The lowest BCUT2D eigenvalue weighted by atomic mass is 10.2. The number of thiocarbonyl (C=S) groups is 1. The molecule has 0 bridgehead atoms. The molecule has 0 fully saturated rings. The lowest BCUT2D eigenvalue weighted by Gasteiger charge is -2.11. The zero-order valence-electron chi connectivity index (χ0n) is 11.5. The van der Waals surface area contributed by atoms with E-state index >= 15 is 0 Å². The molecule has 0 saturated heterocycles. The molecule has 0 aliphatic rings. The first-order valence-corrected chi connectivity index (χ1v) is 8.60. The molecule has 114 valence electrons. The summed E-state index contributed by atoms with van der Waals surface area (Å²) in [5, 5.41) is 6.50. The van der Waals surface area contributed by atoms with E-state index in [9.17, 15) is 4.79 Å². The highest BCUT2D eigenvalue weighted by molar-refractivity contribution is 7.98. The Bertz CT molecular complexity index is 722. The minimum absolute atomic E-state index is 0.203. The Morgan fingerprint density at radius 1 is 1.18 bits per heavy atom. The average Bonchev–Trinajstić information content (AvgIpc) is 2.47. The lowest BCUT2D eigenvalue weighted by molar-refractivity contribution is 0.0978. The zero-order chi connectivity index (χ0) is 16.1. The Kier molecular flexibility index (Phi) is 6.08. The summed E-state index contributed by atoms with van der Waals surface area (Å²) in [6.45, 7) is 0. The van der Waals surface area contributed by atoms with E-state index in [1.165, 1.54) is 6.07 Å². The molecule has 0 heterocycles. The van der Waals surface area contributed by atoms with Gasteiger partial charge >= 0.3 is 0 Å². The van der Waals surface area contributed by atoms with Crippen LogP contribution in [0.25, 0.3) is 0 Å². The summed E-state index contributed by atoms with van der Waals surface area (Å²) < 4.78 is 0. The van der Waals surface area contributed by atoms with Crippen molar-refractivity contribution >= 4 is 63.9 Å². The fraction of sp³-hybridized carbons (Fsp3) is 0.0667. The van der Waals surface area contributed by atoms with Crippen LogP contribution in [0.5, 0.6) is 0 Å². The Morgan fingerprint density at radius 3 is 2.64 bits per heavy atom. The molecule has 0 aliphatic carbocycles. The van der Waals surface area contributed by atoms with E-state index in [0.29, 0.717) is 10.6 Å². The van der Waals surface area contributed by atoms with Crippen LogP contribution < -0.4 is 10.6 Å². The summed E-state index contributed by atoms with van der Waals surface area (Å²) in [4.78, 5) is 13.2. The first-order chi connectivity index (χ1) is 10.5. The number of anilines is 1. The highest BCUT2D eigenvalue weighted by atomic mass is 35.5. The Balaban J connectivity index is 2.03. The van der Waals surface area contributed by atoms with Crippen molar-refractivity contribution in [1.82, 2.24) is 5.32 Å². The smallest absolute Gasteiger partial charge is 0.258 e. The molecule has 22 heavy (non-hydrogen) atoms. The molecule has 0 radical (unpaired) electrons. The van der Waals surface area contributed by atoms with Crippen LogP contribution in [0.4, 0.5) is 5.69 Å². The maximum absolute atomic E-state index is 12.1. The highest BCUT2D eigenvalue weighted by Gasteiger charge is 2.12. The van der Waals surface area contributed by atoms with Gasteiger partial charge in [0, 0.05) is 15.6 Å². The summed E-state index contributed by atoms with van der Waals surface area (Å²) in [7, 11) is 0. The number of hydrogen-bond donors (Lipinski definition) is 2. The minimum atomic E-state index is -0.389. The van der Waals surface area contributed by atoms with E-state index < -0.39 is 0 Å². The van der Waals surface area contributed by atoms with Crippen LogP contribution in [-0.2, 0) is 0 Å². The minimum Gasteiger partial charge on any atom is -0.332 e. The Hall–Kier alpha value is -1.27. The normalized spacial score (nSPS) is 10.1. The van der Waals surface area contributed by atoms with Crippen LogP contribution in [-0.4, -0.2) is 17.3 Å². The van der Waals surface area contributed by atoms with Gasteiger partial charge in [-0.3, -0.25) is 10.1 Å². The summed E-state index contributed by atoms with van der Waals surface area (Å²) in [6, 6.07) is 12.4. The SMILES string of the molecule is CSc1cccc(NC(=S)NC(=O)c2ccc(Cl)cc2Cl)c1. The summed E-state index contributed by atoms with van der Waals surface area (Å²) in [6.07, 6.45) is 1.99. The molecule has 3 nitrogen and oxygen atoms in total. The first kappa shape index (κ1) is 17.1. The molecular formula is C15H12Cl2N2OS2. The second-order valence-corrected chi connectivity index (χ2v) is 6.40. The van der Waals surface area contributed by atoms with Crippen molar-refractivity contribution in [3.63, 3.8) is 0 Å². The van der Waals surface area contributed by atoms with E-state index in [0.717, 1.165) is 10.6 Å². The second kappa shape index (κ2) is 7.83. The average molecular weight is 371 g/mol. The molecule has 1 amide bonds. The van der Waals surface area contributed by atoms with E-state index in [2.05, 4.69) is 10.6 Å². The van der Waals surface area contributed by atoms with Crippen molar-refractivity contribution in [3.05, 3.63) is 58.1 Å². The predicted molar refractivity (Wildman–Crippen MR) is 98.4 cm³/mol. The molecule has 7 heteroatoms. The molecule has 2 N–H and O–H groups in total. The molecule has 0 atom stereocenters. The molecule has 0 unspecified atom stereocenters. The van der Waals surface area contributed by atoms with Crippen LogP contribution in [0.1, 0.15) is 10.4 Å². The van der Waals surface area contributed by atoms with Gasteiger partial charge in [-0.05, 0) is 54.9 Å². The summed E-state index contributed by atoms with van der Waals surface area (Å²) in [5.74, 6) is -0.389. The molecular weight excluding hydrogens is 359 g/mol. The largest absolute Gasteiger partial charge is 0.332 e. The van der Waals surface area contributed by atoms with Gasteiger partial charge in [0.2, 0.25) is 0 Å². The van der Waals surface area contributed by atoms with Gasteiger partial charge in [-0.1, -0.05) is 29.3 Å². The number of benzene rings is 2. The van der Waals surface area contributed by atoms with E-state index in [4.69, 9.17) is 35.4 Å². The van der Waals surface area contributed by atoms with Crippen molar-refractivity contribution in [2.24, 2.45) is 0 Å². The van der Waals surface area contributed by atoms with Crippen LogP contribution >= 0.6 is 47.2 Å². The molecule has 0 spiro atoms. The van der Waals surface area contributed by atoms with E-state index in [-0.39, 0.29) is 16.0 Å². The van der Waals surface area contributed by atoms with Crippen molar-refractivity contribution in [2.75, 3.05) is 11.6 Å². The summed E-state index contributed by atoms with van der Waals surface area (Å²) >= 11 is 18.6. The summed E-state index contributed by atoms with van der Waals surface area (Å²) in [5.41, 5.74) is 1.12. The first-order valence-electron chi connectivity index (χ1n) is 6.21. The second-order valence-electron chi connectivity index (χ2n) is 4.26. The van der Waals surface area contributed by atoms with Gasteiger partial charge < -0.3 is 5.32 Å². The fourth-order valence-corrected chi connectivity index (χ4v) is 2.87. The van der Waals surface area contributed by atoms with E-state index in [1.54, 1.807) is 23.9 Å². The van der Waals surface area contributed by atoms with Crippen LogP contribution in [0.2, 0.25) is 10.0 Å². The topological polar surface area (TPSA) is 41.1 Å². The number of amides is 1. The highest BCUT2D eigenvalue weighted by Crippen LogP contribution is 2.21. The molecule has 2 rings (SSSR count). The quantitative estimate of drug-likeness (QED) is 0.598. The van der Waals surface area contributed by atoms with Gasteiger partial charge in [0.1, 0.15) is 0 Å². The van der Waals surface area contributed by atoms with Crippen LogP contribution in [0, 0.1) is 0 Å². The van der Waals surface area contributed by atoms with Crippen molar-refractivity contribution in [3.8, 4) is 0 Å². The van der Waals surface area contributed by atoms with Gasteiger partial charge in [0.25, 0.3) is 5.91 Å². The van der Waals surface area contributed by atoms with Gasteiger partial charge in [-0.25, -0.2) is 0 Å². The number of hydrogen-bond acceptors (Lipinski definition) is 3.